The van der Waals surface area contributed by atoms with E-state index < -0.39 is 10.0 Å². The highest BCUT2D eigenvalue weighted by Gasteiger charge is 2.40. The molecule has 0 amide bonds. The zero-order valence-electron chi connectivity index (χ0n) is 17.7. The van der Waals surface area contributed by atoms with Crippen molar-refractivity contribution in [3.8, 4) is 5.75 Å². The number of methoxy groups -OCH3 is 1. The smallest absolute Gasteiger partial charge is 0.243 e. The van der Waals surface area contributed by atoms with Gasteiger partial charge in [-0.1, -0.05) is 47.6 Å². The number of thioether (sulfide) groups is 1. The molecule has 2 atom stereocenters. The van der Waals surface area contributed by atoms with Gasteiger partial charge in [0.25, 0.3) is 0 Å². The molecule has 32 heavy (non-hydrogen) atoms. The van der Waals surface area contributed by atoms with Gasteiger partial charge in [-0.05, 0) is 52.6 Å². The van der Waals surface area contributed by atoms with Crippen molar-refractivity contribution in [2.45, 2.75) is 28.4 Å². The third-order valence-corrected chi connectivity index (χ3v) is 8.88. The molecule has 9 heteroatoms. The molecular weight excluding hydrogens is 444 g/mol. The summed E-state index contributed by atoms with van der Waals surface area (Å²) in [6.45, 7) is 0.518. The van der Waals surface area contributed by atoms with E-state index in [9.17, 15) is 8.42 Å². The van der Waals surface area contributed by atoms with E-state index in [-0.39, 0.29) is 22.7 Å². The van der Waals surface area contributed by atoms with Crippen LogP contribution in [0.3, 0.4) is 0 Å². The van der Waals surface area contributed by atoms with Gasteiger partial charge in [0.2, 0.25) is 10.0 Å². The predicted molar refractivity (Wildman–Crippen MR) is 128 cm³/mol. The van der Waals surface area contributed by atoms with Crippen LogP contribution in [0.15, 0.2) is 76.7 Å². The zero-order valence-corrected chi connectivity index (χ0v) is 19.3. The fraction of sp³-hybridized carbons (Fsp3) is 0.304. The van der Waals surface area contributed by atoms with Gasteiger partial charge in [0.1, 0.15) is 5.75 Å². The number of ether oxygens (including phenoxy) is 1. The molecule has 0 spiro atoms. The van der Waals surface area contributed by atoms with Crippen molar-refractivity contribution in [3.05, 3.63) is 82.7 Å². The summed E-state index contributed by atoms with van der Waals surface area (Å²) in [6.07, 6.45) is 0.645. The first kappa shape index (κ1) is 22.5. The lowest BCUT2D eigenvalue weighted by atomic mass is 10.1. The normalized spacial score (nSPS) is 19.0. The summed E-state index contributed by atoms with van der Waals surface area (Å²) in [5.41, 5.74) is 9.94. The number of hydrogen-bond donors (Lipinski definition) is 0. The predicted octanol–water partition coefficient (Wildman–Crippen LogP) is 5.22. The average Bonchev–Trinajstić information content (AvgIpc) is 3.25. The highest BCUT2D eigenvalue weighted by atomic mass is 32.2. The molecule has 0 aromatic heterocycles. The number of nitrogens with zero attached hydrogens (tertiary/aromatic N) is 4. The van der Waals surface area contributed by atoms with Crippen LogP contribution in [0.5, 0.6) is 5.75 Å². The van der Waals surface area contributed by atoms with E-state index >= 15 is 0 Å². The van der Waals surface area contributed by atoms with Gasteiger partial charge >= 0.3 is 0 Å². The van der Waals surface area contributed by atoms with Crippen molar-refractivity contribution >= 4 is 32.6 Å². The third kappa shape index (κ3) is 4.86. The summed E-state index contributed by atoms with van der Waals surface area (Å²) in [5.74, 6) is 1.58. The molecule has 1 aliphatic heterocycles. The average molecular weight is 469 g/mol. The quantitative estimate of drug-likeness (QED) is 0.257. The zero-order chi connectivity index (χ0) is 22.6. The second-order valence-corrected chi connectivity index (χ2v) is 10.8. The second-order valence-electron chi connectivity index (χ2n) is 7.67. The molecule has 0 unspecified atom stereocenters. The van der Waals surface area contributed by atoms with Crippen LogP contribution < -0.4 is 4.74 Å². The maximum atomic E-state index is 13.5. The molecule has 1 fully saturated rings. The molecule has 7 nitrogen and oxygen atoms in total. The van der Waals surface area contributed by atoms with Gasteiger partial charge in [-0.2, -0.15) is 16.1 Å². The van der Waals surface area contributed by atoms with Crippen LogP contribution in [0.25, 0.3) is 21.2 Å². The van der Waals surface area contributed by atoms with Gasteiger partial charge in [-0.3, -0.25) is 0 Å². The standard InChI is InChI=1S/C23H24N4O3S2/c1-30-21-9-6-17(7-10-21)16-31-22-13-20(14-25-26-24)27(15-22)32(28,29)23-11-8-18-4-2-3-5-19(18)12-23/h2-12,20,22H,13-16H2,1H3/t20-,22+/m0/s1. The van der Waals surface area contributed by atoms with Gasteiger partial charge in [0.05, 0.1) is 12.0 Å². The van der Waals surface area contributed by atoms with Crippen LogP contribution in [0.1, 0.15) is 12.0 Å². The van der Waals surface area contributed by atoms with Gasteiger partial charge in [-0.15, -0.1) is 0 Å². The summed E-state index contributed by atoms with van der Waals surface area (Å²) in [4.78, 5) is 3.12. The molecular formula is C23H24N4O3S2. The molecule has 4 rings (SSSR count). The topological polar surface area (TPSA) is 95.4 Å². The van der Waals surface area contributed by atoms with Crippen molar-refractivity contribution in [1.82, 2.24) is 4.31 Å². The number of rotatable bonds is 8. The van der Waals surface area contributed by atoms with E-state index in [0.717, 1.165) is 27.8 Å². The van der Waals surface area contributed by atoms with Crippen molar-refractivity contribution in [1.29, 1.82) is 0 Å². The summed E-state index contributed by atoms with van der Waals surface area (Å²) >= 11 is 1.72. The second kappa shape index (κ2) is 9.83. The molecule has 1 saturated heterocycles. The van der Waals surface area contributed by atoms with E-state index in [1.54, 1.807) is 31.0 Å². The fourth-order valence-electron chi connectivity index (χ4n) is 3.96. The Balaban J connectivity index is 1.53. The first-order valence-electron chi connectivity index (χ1n) is 10.3. The molecule has 3 aromatic rings. The molecule has 0 aliphatic carbocycles. The van der Waals surface area contributed by atoms with Crippen LogP contribution >= 0.6 is 11.8 Å². The van der Waals surface area contributed by atoms with Gasteiger partial charge in [-0.25, -0.2) is 8.42 Å². The van der Waals surface area contributed by atoms with Crippen molar-refractivity contribution < 1.29 is 13.2 Å². The summed E-state index contributed by atoms with van der Waals surface area (Å²) < 4.78 is 33.7. The molecule has 3 aromatic carbocycles. The number of azide groups is 1. The number of benzene rings is 3. The van der Waals surface area contributed by atoms with E-state index in [4.69, 9.17) is 10.3 Å². The minimum Gasteiger partial charge on any atom is -0.497 e. The van der Waals surface area contributed by atoms with E-state index in [0.29, 0.717) is 13.0 Å². The lowest BCUT2D eigenvalue weighted by Gasteiger charge is -2.23. The first-order chi connectivity index (χ1) is 15.5. The maximum Gasteiger partial charge on any atom is 0.243 e. The Hall–Kier alpha value is -2.71. The van der Waals surface area contributed by atoms with Crippen molar-refractivity contribution in [2.75, 3.05) is 20.2 Å². The molecule has 0 radical (unpaired) electrons. The largest absolute Gasteiger partial charge is 0.497 e. The van der Waals surface area contributed by atoms with E-state index in [1.807, 2.05) is 54.6 Å². The number of fused-ring (bicyclic) bond motifs is 1. The highest BCUT2D eigenvalue weighted by molar-refractivity contribution is 7.99. The Morgan fingerprint density at radius 3 is 2.59 bits per heavy atom. The molecule has 0 N–H and O–H groups in total. The highest BCUT2D eigenvalue weighted by Crippen LogP contribution is 2.35. The SMILES string of the molecule is COc1ccc(CS[C@@H]2C[C@@H](CN=[N+]=[N-])N(S(=O)(=O)c3ccc4ccccc4c3)C2)cc1. The summed E-state index contributed by atoms with van der Waals surface area (Å²) in [5, 5.41) is 5.67. The third-order valence-electron chi connectivity index (χ3n) is 5.65. The molecule has 166 valence electrons. The Bertz CT molecular complexity index is 1240. The van der Waals surface area contributed by atoms with Crippen LogP contribution in [0, 0.1) is 0 Å². The minimum absolute atomic E-state index is 0.117. The number of hydrogen-bond acceptors (Lipinski definition) is 5. The van der Waals surface area contributed by atoms with Crippen LogP contribution in [-0.2, 0) is 15.8 Å². The van der Waals surface area contributed by atoms with Crippen LogP contribution in [0.2, 0.25) is 0 Å². The Kier molecular flexibility index (Phi) is 6.91. The summed E-state index contributed by atoms with van der Waals surface area (Å²) in [6, 6.07) is 20.4. The Morgan fingerprint density at radius 2 is 1.88 bits per heavy atom. The van der Waals surface area contributed by atoms with Crippen molar-refractivity contribution in [3.63, 3.8) is 0 Å². The lowest BCUT2D eigenvalue weighted by Crippen LogP contribution is -2.37. The fourth-order valence-corrected chi connectivity index (χ4v) is 7.00. The number of sulfonamides is 1. The minimum atomic E-state index is -3.71. The Morgan fingerprint density at radius 1 is 1.12 bits per heavy atom. The molecule has 0 saturated carbocycles. The van der Waals surface area contributed by atoms with Crippen molar-refractivity contribution in [2.24, 2.45) is 5.11 Å². The van der Waals surface area contributed by atoms with E-state index in [1.165, 1.54) is 4.31 Å². The lowest BCUT2D eigenvalue weighted by molar-refractivity contribution is 0.393. The van der Waals surface area contributed by atoms with Gasteiger partial charge in [0.15, 0.2) is 0 Å². The van der Waals surface area contributed by atoms with Gasteiger partial charge in [0, 0.05) is 35.0 Å². The Labute approximate surface area is 192 Å². The molecule has 1 aliphatic rings. The van der Waals surface area contributed by atoms with Crippen LogP contribution in [-0.4, -0.2) is 44.2 Å². The van der Waals surface area contributed by atoms with Crippen LogP contribution in [0.4, 0.5) is 0 Å². The summed E-state index contributed by atoms with van der Waals surface area (Å²) in [7, 11) is -2.08. The first-order valence-corrected chi connectivity index (χ1v) is 12.8. The molecule has 0 bridgehead atoms. The monoisotopic (exact) mass is 468 g/mol. The maximum absolute atomic E-state index is 13.5. The van der Waals surface area contributed by atoms with Gasteiger partial charge < -0.3 is 4.74 Å². The van der Waals surface area contributed by atoms with E-state index in [2.05, 4.69) is 10.0 Å². The molecule has 1 heterocycles.